The molecular weight excluding hydrogens is 404 g/mol. The zero-order chi connectivity index (χ0) is 21.0. The van der Waals surface area contributed by atoms with Gasteiger partial charge in [-0.25, -0.2) is 4.68 Å². The van der Waals surface area contributed by atoms with Gasteiger partial charge in [0.25, 0.3) is 5.91 Å². The van der Waals surface area contributed by atoms with Crippen molar-refractivity contribution in [1.29, 1.82) is 0 Å². The minimum Gasteiger partial charge on any atom is -0.301 e. The van der Waals surface area contributed by atoms with E-state index in [9.17, 15) is 4.79 Å². The van der Waals surface area contributed by atoms with Crippen molar-refractivity contribution in [2.75, 3.05) is 0 Å². The Balaban J connectivity index is 1.49. The monoisotopic (exact) mass is 428 g/mol. The SMILES string of the molecule is O=C1NC(=NC2CCCCC2)S/C1=C/c1cn(-c2ccccc2)nc1-c1ccccc1. The highest BCUT2D eigenvalue weighted by Crippen LogP contribution is 2.32. The molecule has 1 aromatic heterocycles. The minimum absolute atomic E-state index is 0.0916. The molecule has 3 aromatic rings. The van der Waals surface area contributed by atoms with Crippen LogP contribution >= 0.6 is 11.8 Å². The van der Waals surface area contributed by atoms with Crippen LogP contribution in [0.2, 0.25) is 0 Å². The van der Waals surface area contributed by atoms with Gasteiger partial charge in [0.15, 0.2) is 5.17 Å². The van der Waals surface area contributed by atoms with Gasteiger partial charge in [0, 0.05) is 17.3 Å². The van der Waals surface area contributed by atoms with E-state index in [1.165, 1.54) is 31.0 Å². The molecule has 1 amide bonds. The molecule has 1 N–H and O–H groups in total. The second kappa shape index (κ2) is 8.94. The lowest BCUT2D eigenvalue weighted by Gasteiger charge is -2.17. The van der Waals surface area contributed by atoms with Gasteiger partial charge in [-0.3, -0.25) is 9.79 Å². The maximum Gasteiger partial charge on any atom is 0.264 e. The number of carbonyl (C=O) groups excluding carboxylic acids is 1. The van der Waals surface area contributed by atoms with Crippen molar-refractivity contribution in [2.24, 2.45) is 4.99 Å². The summed E-state index contributed by atoms with van der Waals surface area (Å²) in [4.78, 5) is 18.1. The lowest BCUT2D eigenvalue weighted by atomic mass is 9.96. The number of carbonyl (C=O) groups is 1. The highest BCUT2D eigenvalue weighted by atomic mass is 32.2. The maximum atomic E-state index is 12.6. The van der Waals surface area contributed by atoms with Crippen LogP contribution in [0.4, 0.5) is 0 Å². The van der Waals surface area contributed by atoms with Crippen LogP contribution in [0.25, 0.3) is 23.0 Å². The third-order valence-electron chi connectivity index (χ3n) is 5.62. The fourth-order valence-corrected chi connectivity index (χ4v) is 4.92. The van der Waals surface area contributed by atoms with Crippen molar-refractivity contribution < 1.29 is 4.79 Å². The molecule has 0 radical (unpaired) electrons. The molecule has 0 atom stereocenters. The van der Waals surface area contributed by atoms with Gasteiger partial charge < -0.3 is 5.32 Å². The summed E-state index contributed by atoms with van der Waals surface area (Å²) in [7, 11) is 0. The fraction of sp³-hybridized carbons (Fsp3) is 0.240. The van der Waals surface area contributed by atoms with Crippen LogP contribution in [0.5, 0.6) is 0 Å². The van der Waals surface area contributed by atoms with Crippen LogP contribution in [-0.2, 0) is 4.79 Å². The first-order valence-corrected chi connectivity index (χ1v) is 11.6. The number of para-hydroxylation sites is 1. The largest absolute Gasteiger partial charge is 0.301 e. The Morgan fingerprint density at radius 2 is 1.71 bits per heavy atom. The zero-order valence-electron chi connectivity index (χ0n) is 17.2. The summed E-state index contributed by atoms with van der Waals surface area (Å²) < 4.78 is 1.86. The van der Waals surface area contributed by atoms with E-state index in [0.717, 1.165) is 40.5 Å². The number of rotatable bonds is 4. The van der Waals surface area contributed by atoms with Crippen molar-refractivity contribution in [2.45, 2.75) is 38.1 Å². The van der Waals surface area contributed by atoms with Crippen LogP contribution in [0.15, 0.2) is 76.8 Å². The lowest BCUT2D eigenvalue weighted by molar-refractivity contribution is -0.115. The summed E-state index contributed by atoms with van der Waals surface area (Å²) in [5.41, 5.74) is 3.76. The molecule has 2 aliphatic rings. The van der Waals surface area contributed by atoms with Gasteiger partial charge in [0.2, 0.25) is 0 Å². The number of aromatic nitrogens is 2. The Kier molecular flexibility index (Phi) is 5.71. The van der Waals surface area contributed by atoms with Gasteiger partial charge in [0.1, 0.15) is 0 Å². The summed E-state index contributed by atoms with van der Waals surface area (Å²) in [6.07, 6.45) is 9.87. The van der Waals surface area contributed by atoms with E-state index >= 15 is 0 Å². The Morgan fingerprint density at radius 3 is 2.45 bits per heavy atom. The number of amides is 1. The number of aliphatic imine (C=N–C) groups is 1. The number of benzene rings is 2. The van der Waals surface area contributed by atoms with E-state index < -0.39 is 0 Å². The van der Waals surface area contributed by atoms with E-state index in [1.807, 2.05) is 77.6 Å². The summed E-state index contributed by atoms with van der Waals surface area (Å²) in [5, 5.41) is 8.50. The van der Waals surface area contributed by atoms with Crippen molar-refractivity contribution >= 4 is 28.9 Å². The van der Waals surface area contributed by atoms with Crippen LogP contribution in [0.3, 0.4) is 0 Å². The zero-order valence-corrected chi connectivity index (χ0v) is 18.0. The van der Waals surface area contributed by atoms with E-state index in [2.05, 4.69) is 5.32 Å². The molecule has 5 rings (SSSR count). The molecule has 6 heteroatoms. The van der Waals surface area contributed by atoms with Gasteiger partial charge >= 0.3 is 0 Å². The molecule has 0 bridgehead atoms. The molecule has 31 heavy (non-hydrogen) atoms. The average Bonchev–Trinajstić information content (AvgIpc) is 3.39. The predicted molar refractivity (Wildman–Crippen MR) is 127 cm³/mol. The number of hydrogen-bond acceptors (Lipinski definition) is 4. The van der Waals surface area contributed by atoms with Gasteiger partial charge in [-0.15, -0.1) is 0 Å². The predicted octanol–water partition coefficient (Wildman–Crippen LogP) is 5.43. The number of nitrogens with one attached hydrogen (secondary N) is 1. The van der Waals surface area contributed by atoms with Crippen LogP contribution in [0, 0.1) is 0 Å². The first-order valence-electron chi connectivity index (χ1n) is 10.8. The smallest absolute Gasteiger partial charge is 0.264 e. The molecule has 0 spiro atoms. The van der Waals surface area contributed by atoms with Crippen LogP contribution < -0.4 is 5.32 Å². The van der Waals surface area contributed by atoms with E-state index in [0.29, 0.717) is 10.9 Å². The van der Waals surface area contributed by atoms with E-state index in [1.54, 1.807) is 0 Å². The number of amidine groups is 1. The second-order valence-corrected chi connectivity index (χ2v) is 8.90. The van der Waals surface area contributed by atoms with E-state index in [-0.39, 0.29) is 5.91 Å². The summed E-state index contributed by atoms with van der Waals surface area (Å²) in [6.45, 7) is 0. The second-order valence-electron chi connectivity index (χ2n) is 7.87. The molecule has 1 aliphatic carbocycles. The third kappa shape index (κ3) is 4.49. The molecule has 1 saturated carbocycles. The summed E-state index contributed by atoms with van der Waals surface area (Å²) >= 11 is 1.43. The minimum atomic E-state index is -0.0916. The maximum absolute atomic E-state index is 12.6. The Morgan fingerprint density at radius 1 is 1.00 bits per heavy atom. The Hall–Kier alpha value is -3.12. The van der Waals surface area contributed by atoms with Crippen molar-refractivity contribution in [1.82, 2.24) is 15.1 Å². The quantitative estimate of drug-likeness (QED) is 0.564. The molecule has 2 aromatic carbocycles. The number of hydrogen-bond donors (Lipinski definition) is 1. The van der Waals surface area contributed by atoms with Gasteiger partial charge in [-0.1, -0.05) is 67.8 Å². The Bertz CT molecular complexity index is 1130. The van der Waals surface area contributed by atoms with Crippen molar-refractivity contribution in [3.63, 3.8) is 0 Å². The summed E-state index contributed by atoms with van der Waals surface area (Å²) in [5.74, 6) is -0.0916. The Labute approximate surface area is 186 Å². The number of thioether (sulfide) groups is 1. The van der Waals surface area contributed by atoms with Crippen molar-refractivity contribution in [3.05, 3.63) is 77.3 Å². The molecular formula is C25H24N4OS. The molecule has 2 fully saturated rings. The van der Waals surface area contributed by atoms with Crippen LogP contribution in [-0.4, -0.2) is 26.9 Å². The molecule has 156 valence electrons. The molecule has 2 heterocycles. The van der Waals surface area contributed by atoms with Crippen molar-refractivity contribution in [3.8, 4) is 16.9 Å². The first-order chi connectivity index (χ1) is 15.3. The van der Waals surface area contributed by atoms with Crippen LogP contribution in [0.1, 0.15) is 37.7 Å². The molecule has 1 saturated heterocycles. The lowest BCUT2D eigenvalue weighted by Crippen LogP contribution is -2.22. The average molecular weight is 429 g/mol. The fourth-order valence-electron chi connectivity index (χ4n) is 4.03. The third-order valence-corrected chi connectivity index (χ3v) is 6.55. The standard InChI is InChI=1S/C25H24N4OS/c30-24-22(31-25(27-24)26-20-12-6-2-7-13-20)16-19-17-29(21-14-8-3-9-15-21)28-23(19)18-10-4-1-5-11-18/h1,3-5,8-11,14-17,20H,2,6-7,12-13H2,(H,26,27,30)/b22-16+. The highest BCUT2D eigenvalue weighted by Gasteiger charge is 2.26. The normalized spacial score (nSPS) is 19.8. The molecule has 5 nitrogen and oxygen atoms in total. The van der Waals surface area contributed by atoms with Gasteiger partial charge in [-0.2, -0.15) is 5.10 Å². The number of nitrogens with zero attached hydrogens (tertiary/aromatic N) is 3. The highest BCUT2D eigenvalue weighted by molar-refractivity contribution is 8.18. The van der Waals surface area contributed by atoms with Gasteiger partial charge in [0.05, 0.1) is 22.3 Å². The van der Waals surface area contributed by atoms with E-state index in [4.69, 9.17) is 10.1 Å². The van der Waals surface area contributed by atoms with Gasteiger partial charge in [-0.05, 0) is 42.8 Å². The molecule has 0 unspecified atom stereocenters. The topological polar surface area (TPSA) is 59.3 Å². The summed E-state index contributed by atoms with van der Waals surface area (Å²) in [6, 6.07) is 20.4. The first kappa shape index (κ1) is 19.8. The molecule has 1 aliphatic heterocycles.